The summed E-state index contributed by atoms with van der Waals surface area (Å²) in [6, 6.07) is 7.82. The van der Waals surface area contributed by atoms with E-state index in [0.717, 1.165) is 0 Å². The summed E-state index contributed by atoms with van der Waals surface area (Å²) < 4.78 is 21.6. The fourth-order valence-electron chi connectivity index (χ4n) is 4.75. The molecule has 5 atom stereocenters. The zero-order chi connectivity index (χ0) is 29.6. The number of nitriles is 1. The van der Waals surface area contributed by atoms with Gasteiger partial charge in [0.2, 0.25) is 14.1 Å². The number of aliphatic hydroxyl groups is 1. The smallest absolute Gasteiger partial charge is 0.330 e. The molecule has 40 heavy (non-hydrogen) atoms. The first-order chi connectivity index (χ1) is 18.9. The lowest BCUT2D eigenvalue weighted by Crippen LogP contribution is -2.43. The molecule has 3 N–H and O–H groups in total. The Bertz CT molecular complexity index is 1300. The van der Waals surface area contributed by atoms with Crippen molar-refractivity contribution >= 4 is 14.1 Å². The highest BCUT2D eigenvalue weighted by Crippen LogP contribution is 2.52. The van der Waals surface area contributed by atoms with Gasteiger partial charge in [-0.15, -0.1) is 4.67 Å². The monoisotopic (exact) mass is 577 g/mol. The molecule has 1 saturated heterocycles. The Kier molecular flexibility index (Phi) is 11.2. The topological polar surface area (TPSA) is 167 Å². The van der Waals surface area contributed by atoms with Crippen molar-refractivity contribution in [2.75, 3.05) is 13.2 Å². The number of benzene rings is 1. The summed E-state index contributed by atoms with van der Waals surface area (Å²) in [5.41, 5.74) is -0.531. The molecule has 2 unspecified atom stereocenters. The van der Waals surface area contributed by atoms with Crippen LogP contribution in [0.3, 0.4) is 0 Å². The molecule has 0 aliphatic carbocycles. The number of rotatable bonds is 13. The van der Waals surface area contributed by atoms with Gasteiger partial charge in [0.05, 0.1) is 18.6 Å². The predicted molar refractivity (Wildman–Crippen MR) is 149 cm³/mol. The number of phenolic OH excluding ortho intramolecular Hbond substituents is 1. The molecule has 0 amide bonds. The molecule has 3 rings (SSSR count). The van der Waals surface area contributed by atoms with Crippen LogP contribution in [0.25, 0.3) is 0 Å². The number of aryl methyl sites for hydroxylation is 1. The minimum absolute atomic E-state index is 0.00253. The van der Waals surface area contributed by atoms with E-state index in [-0.39, 0.29) is 49.7 Å². The van der Waals surface area contributed by atoms with Crippen LogP contribution in [0.15, 0.2) is 40.1 Å². The summed E-state index contributed by atoms with van der Waals surface area (Å²) in [6.07, 6.45) is -1.01. The number of Topliss-reactive ketones (excluding diaryl/α,β-unsaturated/α-hetero) is 1. The molecule has 1 aromatic carbocycles. The van der Waals surface area contributed by atoms with Gasteiger partial charge in [-0.25, -0.2) is 9.32 Å². The van der Waals surface area contributed by atoms with Crippen molar-refractivity contribution in [2.45, 2.75) is 83.8 Å². The number of carbonyl (C=O) groups is 1. The number of aromatic hydroxyl groups is 1. The van der Waals surface area contributed by atoms with E-state index in [1.807, 2.05) is 33.8 Å². The maximum Gasteiger partial charge on any atom is 0.330 e. The summed E-state index contributed by atoms with van der Waals surface area (Å²) in [5, 5.41) is 30.3. The lowest BCUT2D eigenvalue weighted by molar-refractivity contribution is -0.0744. The zero-order valence-corrected chi connectivity index (χ0v) is 24.4. The van der Waals surface area contributed by atoms with E-state index >= 15 is 0 Å². The highest BCUT2D eigenvalue weighted by molar-refractivity contribution is 7.50. The largest absolute Gasteiger partial charge is 0.508 e. The molecule has 2 heterocycles. The van der Waals surface area contributed by atoms with E-state index in [9.17, 15) is 24.6 Å². The lowest BCUT2D eigenvalue weighted by atomic mass is 10.1. The summed E-state index contributed by atoms with van der Waals surface area (Å²) in [4.78, 5) is 39.6. The lowest BCUT2D eigenvalue weighted by Gasteiger charge is -2.34. The van der Waals surface area contributed by atoms with Crippen molar-refractivity contribution in [3.63, 3.8) is 0 Å². The average Bonchev–Trinajstić information content (AvgIpc) is 3.32. The normalized spacial score (nSPS) is 20.6. The molecule has 12 nitrogen and oxygen atoms in total. The van der Waals surface area contributed by atoms with E-state index in [1.165, 1.54) is 35.0 Å². The number of hydrogen-bond donors (Lipinski definition) is 3. The Balaban J connectivity index is 1.93. The van der Waals surface area contributed by atoms with Gasteiger partial charge in [0.25, 0.3) is 5.56 Å². The molecule has 0 radical (unpaired) electrons. The van der Waals surface area contributed by atoms with E-state index in [0.29, 0.717) is 11.1 Å². The van der Waals surface area contributed by atoms with Gasteiger partial charge in [-0.1, -0.05) is 0 Å². The van der Waals surface area contributed by atoms with Crippen molar-refractivity contribution in [3.8, 4) is 11.8 Å². The molecular formula is C27H38N4O8P+. The third-order valence-electron chi connectivity index (χ3n) is 6.58. The second kappa shape index (κ2) is 14.1. The highest BCUT2D eigenvalue weighted by Gasteiger charge is 2.51. The summed E-state index contributed by atoms with van der Waals surface area (Å²) in [6.45, 7) is 9.29. The zero-order valence-electron chi connectivity index (χ0n) is 23.4. The van der Waals surface area contributed by atoms with Gasteiger partial charge in [-0.05, 0) is 58.9 Å². The molecule has 0 spiro atoms. The Hall–Kier alpha value is -2.91. The maximum atomic E-state index is 12.8. The van der Waals surface area contributed by atoms with Crippen LogP contribution in [0, 0.1) is 18.3 Å². The quantitative estimate of drug-likeness (QED) is 0.183. The highest BCUT2D eigenvalue weighted by atomic mass is 31.2. The second-order valence-electron chi connectivity index (χ2n) is 10.2. The van der Waals surface area contributed by atoms with Crippen LogP contribution in [0.1, 0.15) is 62.7 Å². The summed E-state index contributed by atoms with van der Waals surface area (Å²) in [7, 11) is -2.20. The minimum Gasteiger partial charge on any atom is -0.508 e. The molecule has 13 heteroatoms. The van der Waals surface area contributed by atoms with Crippen LogP contribution in [0.2, 0.25) is 0 Å². The maximum absolute atomic E-state index is 12.8. The van der Waals surface area contributed by atoms with E-state index in [2.05, 4.69) is 9.65 Å². The Morgan fingerprint density at radius 3 is 2.50 bits per heavy atom. The molecule has 1 aromatic heterocycles. The van der Waals surface area contributed by atoms with Crippen LogP contribution in [-0.4, -0.2) is 73.6 Å². The molecule has 1 fully saturated rings. The van der Waals surface area contributed by atoms with Crippen LogP contribution < -0.4 is 11.2 Å². The number of phenols is 1. The van der Waals surface area contributed by atoms with Gasteiger partial charge < -0.3 is 19.7 Å². The standard InChI is InChI=1S/C27H37N4O8P/c1-16(2)31(17(3)4)40(38-12-6-11-28)26(35)24-22(37-15-21(33)19-7-9-20(32)10-8-19)13-23(39-24)30-14-18(5)25(34)29-27(30)36/h7-10,14,16-17,22-24,26,32,35H,6,12-13,15H2,1-5H3,(H,29,34,36)/p+1/t22-,23+,24-,26?,40?/m0/s1. The first-order valence-electron chi connectivity index (χ1n) is 13.2. The van der Waals surface area contributed by atoms with Gasteiger partial charge in [-0.3, -0.25) is 19.1 Å². The molecule has 0 saturated carbocycles. The Labute approximate surface area is 234 Å². The van der Waals surface area contributed by atoms with Crippen molar-refractivity contribution in [2.24, 2.45) is 0 Å². The number of nitrogens with zero attached hydrogens (tertiary/aromatic N) is 3. The molecule has 2 aromatic rings. The number of hydrogen-bond acceptors (Lipinski definition) is 10. The van der Waals surface area contributed by atoms with E-state index in [4.69, 9.17) is 19.3 Å². The fourth-order valence-corrected chi connectivity index (χ4v) is 7.28. The molecule has 1 aliphatic heterocycles. The Morgan fingerprint density at radius 1 is 1.25 bits per heavy atom. The SMILES string of the molecule is Cc1cn([C@H]2C[C@H](OCC(=O)c3ccc(O)cc3)[C@@H](C(O)[PH+](OCCC#N)N(C(C)C)C(C)C)O2)c(=O)[nH]c1=O. The number of H-pyrrole nitrogens is 1. The Morgan fingerprint density at radius 2 is 1.90 bits per heavy atom. The molecule has 218 valence electrons. The van der Waals surface area contributed by atoms with Gasteiger partial charge >= 0.3 is 5.69 Å². The molecule has 0 bridgehead atoms. The van der Waals surface area contributed by atoms with Gasteiger partial charge in [0.15, 0.2) is 11.9 Å². The number of nitrogens with one attached hydrogen (secondary N) is 1. The van der Waals surface area contributed by atoms with Gasteiger partial charge in [0.1, 0.15) is 25.2 Å². The number of carbonyl (C=O) groups excluding carboxylic acids is 1. The van der Waals surface area contributed by atoms with Crippen LogP contribution >= 0.6 is 8.30 Å². The third-order valence-corrected chi connectivity index (χ3v) is 9.46. The van der Waals surface area contributed by atoms with E-state index < -0.39 is 43.8 Å². The van der Waals surface area contributed by atoms with Crippen molar-refractivity contribution in [1.82, 2.24) is 14.2 Å². The third kappa shape index (κ3) is 7.63. The fraction of sp³-hybridized carbons (Fsp3) is 0.556. The number of aliphatic hydroxyl groups excluding tert-OH is 1. The number of ether oxygens (including phenoxy) is 2. The van der Waals surface area contributed by atoms with Crippen molar-refractivity contribution in [3.05, 3.63) is 62.4 Å². The average molecular weight is 578 g/mol. The van der Waals surface area contributed by atoms with Crippen molar-refractivity contribution in [1.29, 1.82) is 5.26 Å². The van der Waals surface area contributed by atoms with Gasteiger partial charge in [-0.2, -0.15) is 5.26 Å². The van der Waals surface area contributed by atoms with Crippen LogP contribution in [0.5, 0.6) is 5.75 Å². The summed E-state index contributed by atoms with van der Waals surface area (Å²) in [5.74, 6) is -1.50. The second-order valence-corrected chi connectivity index (χ2v) is 12.3. The minimum atomic E-state index is -2.20. The van der Waals surface area contributed by atoms with Crippen LogP contribution in [0.4, 0.5) is 0 Å². The number of aromatic amines is 1. The van der Waals surface area contributed by atoms with Crippen LogP contribution in [-0.2, 0) is 14.0 Å². The number of ketones is 1. The van der Waals surface area contributed by atoms with Gasteiger partial charge in [0, 0.05) is 35.8 Å². The molecule has 1 aliphatic rings. The summed E-state index contributed by atoms with van der Waals surface area (Å²) >= 11 is 0. The first-order valence-corrected chi connectivity index (χ1v) is 14.6. The predicted octanol–water partition coefficient (Wildman–Crippen LogP) is 2.52. The number of aromatic nitrogens is 2. The molecular weight excluding hydrogens is 539 g/mol. The van der Waals surface area contributed by atoms with Crippen molar-refractivity contribution < 1.29 is 29.0 Å². The first kappa shape index (κ1) is 31.6. The van der Waals surface area contributed by atoms with E-state index in [1.54, 1.807) is 6.92 Å².